The predicted molar refractivity (Wildman–Crippen MR) is 126 cm³/mol. The van der Waals surface area contributed by atoms with Gasteiger partial charge >= 0.3 is 0 Å². The molecular weight excluding hydrogens is 481 g/mol. The van der Waals surface area contributed by atoms with Crippen LogP contribution in [0.3, 0.4) is 0 Å². The second-order valence-electron chi connectivity index (χ2n) is 8.06. The Morgan fingerprint density at radius 3 is 2.59 bits per heavy atom. The van der Waals surface area contributed by atoms with Crippen LogP contribution in [0.15, 0.2) is 45.9 Å². The zero-order chi connectivity index (χ0) is 24.6. The SMILES string of the molecule is Cc1nc(COc2nc(C)n(-c3cc(-c4ccnc(C(C)(C)O)n4)ccc3Cl)c(=O)c2Cl)co1. The van der Waals surface area contributed by atoms with E-state index in [1.807, 2.05) is 0 Å². The second-order valence-corrected chi connectivity index (χ2v) is 8.84. The van der Waals surface area contributed by atoms with Gasteiger partial charge < -0.3 is 14.3 Å². The summed E-state index contributed by atoms with van der Waals surface area (Å²) in [4.78, 5) is 30.2. The van der Waals surface area contributed by atoms with E-state index in [9.17, 15) is 9.90 Å². The topological polar surface area (TPSA) is 116 Å². The minimum absolute atomic E-state index is 0.0148. The van der Waals surface area contributed by atoms with Crippen molar-refractivity contribution in [1.82, 2.24) is 24.5 Å². The Hall–Kier alpha value is -3.27. The van der Waals surface area contributed by atoms with Crippen molar-refractivity contribution in [3.05, 3.63) is 80.4 Å². The van der Waals surface area contributed by atoms with Crippen molar-refractivity contribution >= 4 is 23.2 Å². The molecule has 0 spiro atoms. The quantitative estimate of drug-likeness (QED) is 0.412. The summed E-state index contributed by atoms with van der Waals surface area (Å²) in [6, 6.07) is 6.81. The van der Waals surface area contributed by atoms with Crippen LogP contribution in [0.25, 0.3) is 16.9 Å². The molecule has 0 amide bonds. The molecule has 0 unspecified atom stereocenters. The van der Waals surface area contributed by atoms with Gasteiger partial charge in [-0.1, -0.05) is 29.3 Å². The fraction of sp³-hybridized carbons (Fsp3) is 0.261. The number of aliphatic hydroxyl groups is 1. The van der Waals surface area contributed by atoms with E-state index < -0.39 is 11.2 Å². The normalized spacial score (nSPS) is 11.6. The molecule has 11 heteroatoms. The number of halogens is 2. The van der Waals surface area contributed by atoms with Gasteiger partial charge in [-0.05, 0) is 39.0 Å². The first-order valence-electron chi connectivity index (χ1n) is 10.2. The summed E-state index contributed by atoms with van der Waals surface area (Å²) in [5, 5.41) is 10.4. The van der Waals surface area contributed by atoms with Gasteiger partial charge in [0.25, 0.3) is 5.56 Å². The van der Waals surface area contributed by atoms with Gasteiger partial charge in [-0.15, -0.1) is 0 Å². The molecule has 0 fully saturated rings. The van der Waals surface area contributed by atoms with Gasteiger partial charge in [-0.3, -0.25) is 9.36 Å². The fourth-order valence-corrected chi connectivity index (χ4v) is 3.62. The van der Waals surface area contributed by atoms with Crippen LogP contribution in [-0.2, 0) is 12.2 Å². The van der Waals surface area contributed by atoms with Crippen LogP contribution in [0.1, 0.15) is 37.1 Å². The molecular formula is C23H21Cl2N5O4. The lowest BCUT2D eigenvalue weighted by Crippen LogP contribution is -2.24. The molecule has 0 bridgehead atoms. The molecule has 1 aromatic carbocycles. The maximum absolute atomic E-state index is 13.2. The average molecular weight is 502 g/mol. The summed E-state index contributed by atoms with van der Waals surface area (Å²) in [5.74, 6) is 1.07. The van der Waals surface area contributed by atoms with Gasteiger partial charge in [0.05, 0.1) is 16.4 Å². The van der Waals surface area contributed by atoms with Crippen LogP contribution in [0.4, 0.5) is 0 Å². The molecule has 0 saturated carbocycles. The van der Waals surface area contributed by atoms with E-state index >= 15 is 0 Å². The van der Waals surface area contributed by atoms with E-state index in [-0.39, 0.29) is 23.3 Å². The molecule has 0 aliphatic heterocycles. The van der Waals surface area contributed by atoms with Crippen LogP contribution in [0.2, 0.25) is 10.0 Å². The molecule has 9 nitrogen and oxygen atoms in total. The monoisotopic (exact) mass is 501 g/mol. The number of hydrogen-bond donors (Lipinski definition) is 1. The number of aryl methyl sites for hydroxylation is 2. The number of aromatic nitrogens is 5. The standard InChI is InChI=1S/C23H21Cl2N5O4/c1-12-27-20(34-11-15-10-33-13(2)28-15)19(25)21(31)30(12)18-9-14(5-6-16(18)24)17-7-8-26-22(29-17)23(3,4)32/h5-10,32H,11H2,1-4H3. The summed E-state index contributed by atoms with van der Waals surface area (Å²) in [5.41, 5.74) is 0.381. The van der Waals surface area contributed by atoms with Crippen LogP contribution in [0, 0.1) is 13.8 Å². The van der Waals surface area contributed by atoms with Crippen LogP contribution in [-0.4, -0.2) is 29.6 Å². The van der Waals surface area contributed by atoms with Crippen molar-refractivity contribution in [2.75, 3.05) is 0 Å². The summed E-state index contributed by atoms with van der Waals surface area (Å²) < 4.78 is 12.1. The first-order chi connectivity index (χ1) is 16.0. The second kappa shape index (κ2) is 9.17. The van der Waals surface area contributed by atoms with Crippen LogP contribution >= 0.6 is 23.2 Å². The van der Waals surface area contributed by atoms with Crippen molar-refractivity contribution in [2.24, 2.45) is 0 Å². The van der Waals surface area contributed by atoms with Crippen LogP contribution in [0.5, 0.6) is 5.88 Å². The van der Waals surface area contributed by atoms with Crippen molar-refractivity contribution in [3.63, 3.8) is 0 Å². The first-order valence-corrected chi connectivity index (χ1v) is 11.0. The smallest absolute Gasteiger partial charge is 0.280 e. The highest BCUT2D eigenvalue weighted by molar-refractivity contribution is 6.33. The fourth-order valence-electron chi connectivity index (χ4n) is 3.24. The van der Waals surface area contributed by atoms with E-state index in [0.717, 1.165) is 0 Å². The van der Waals surface area contributed by atoms with Crippen molar-refractivity contribution in [1.29, 1.82) is 0 Å². The number of benzene rings is 1. The third-order valence-electron chi connectivity index (χ3n) is 4.87. The highest BCUT2D eigenvalue weighted by atomic mass is 35.5. The van der Waals surface area contributed by atoms with Gasteiger partial charge in [0.15, 0.2) is 16.7 Å². The van der Waals surface area contributed by atoms with Crippen LogP contribution < -0.4 is 10.3 Å². The number of nitrogens with zero attached hydrogens (tertiary/aromatic N) is 5. The molecule has 1 N–H and O–H groups in total. The average Bonchev–Trinajstić information content (AvgIpc) is 3.21. The molecule has 176 valence electrons. The van der Waals surface area contributed by atoms with E-state index in [1.54, 1.807) is 58.2 Å². The molecule has 3 aromatic heterocycles. The van der Waals surface area contributed by atoms with E-state index in [1.165, 1.54) is 10.8 Å². The van der Waals surface area contributed by atoms with E-state index in [0.29, 0.717) is 39.4 Å². The molecule has 4 rings (SSSR count). The highest BCUT2D eigenvalue weighted by Gasteiger charge is 2.21. The molecule has 0 aliphatic carbocycles. The van der Waals surface area contributed by atoms with E-state index in [4.69, 9.17) is 32.4 Å². The lowest BCUT2D eigenvalue weighted by molar-refractivity contribution is 0.0688. The third kappa shape index (κ3) is 4.82. The van der Waals surface area contributed by atoms with Crippen molar-refractivity contribution < 1.29 is 14.3 Å². The Morgan fingerprint density at radius 2 is 1.91 bits per heavy atom. The maximum Gasteiger partial charge on any atom is 0.280 e. The summed E-state index contributed by atoms with van der Waals surface area (Å²) in [6.07, 6.45) is 3.02. The minimum Gasteiger partial charge on any atom is -0.470 e. The molecule has 0 saturated heterocycles. The predicted octanol–water partition coefficient (Wildman–Crippen LogP) is 4.41. The number of oxazole rings is 1. The van der Waals surface area contributed by atoms with Gasteiger partial charge in [0, 0.05) is 18.7 Å². The molecule has 0 atom stereocenters. The van der Waals surface area contributed by atoms with Gasteiger partial charge in [-0.25, -0.2) is 15.0 Å². The van der Waals surface area contributed by atoms with Crippen molar-refractivity contribution in [2.45, 2.75) is 39.9 Å². The lowest BCUT2D eigenvalue weighted by atomic mass is 10.1. The Labute approximate surface area is 205 Å². The van der Waals surface area contributed by atoms with Gasteiger partial charge in [-0.2, -0.15) is 4.98 Å². The minimum atomic E-state index is -1.21. The van der Waals surface area contributed by atoms with E-state index in [2.05, 4.69) is 19.9 Å². The molecule has 3 heterocycles. The summed E-state index contributed by atoms with van der Waals surface area (Å²) in [6.45, 7) is 6.60. The number of ether oxygens (including phenoxy) is 1. The Morgan fingerprint density at radius 1 is 1.15 bits per heavy atom. The Bertz CT molecular complexity index is 1430. The maximum atomic E-state index is 13.2. The molecule has 4 aromatic rings. The van der Waals surface area contributed by atoms with Gasteiger partial charge in [0.2, 0.25) is 5.88 Å². The Balaban J connectivity index is 1.73. The molecule has 0 radical (unpaired) electrons. The number of hydrogen-bond acceptors (Lipinski definition) is 8. The zero-order valence-electron chi connectivity index (χ0n) is 18.8. The first kappa shape index (κ1) is 23.9. The molecule has 34 heavy (non-hydrogen) atoms. The third-order valence-corrected chi connectivity index (χ3v) is 5.52. The summed E-state index contributed by atoms with van der Waals surface area (Å²) >= 11 is 12.8. The van der Waals surface area contributed by atoms with Gasteiger partial charge in [0.1, 0.15) is 30.0 Å². The lowest BCUT2D eigenvalue weighted by Gasteiger charge is -2.17. The highest BCUT2D eigenvalue weighted by Crippen LogP contribution is 2.29. The largest absolute Gasteiger partial charge is 0.470 e. The molecule has 0 aliphatic rings. The van der Waals surface area contributed by atoms with Crippen molar-refractivity contribution in [3.8, 4) is 22.8 Å². The Kier molecular flexibility index (Phi) is 6.44. The number of rotatable bonds is 6. The zero-order valence-corrected chi connectivity index (χ0v) is 20.3. The summed E-state index contributed by atoms with van der Waals surface area (Å²) in [7, 11) is 0.